The molecule has 0 spiro atoms. The Morgan fingerprint density at radius 2 is 1.78 bits per heavy atom. The Morgan fingerprint density at radius 1 is 1.00 bits per heavy atom. The average molecular weight is 305 g/mol. The molecule has 0 amide bonds. The summed E-state index contributed by atoms with van der Waals surface area (Å²) in [7, 11) is 0. The van der Waals surface area contributed by atoms with E-state index in [4.69, 9.17) is 4.52 Å². The van der Waals surface area contributed by atoms with E-state index < -0.39 is 0 Å². The lowest BCUT2D eigenvalue weighted by molar-refractivity contribution is 0.361. The second-order valence-corrected chi connectivity index (χ2v) is 4.95. The summed E-state index contributed by atoms with van der Waals surface area (Å²) in [6.07, 6.45) is 0. The Kier molecular flexibility index (Phi) is 3.16. The van der Waals surface area contributed by atoms with Crippen LogP contribution in [0.15, 0.2) is 63.9 Å². The molecule has 0 fully saturated rings. The van der Waals surface area contributed by atoms with Crippen LogP contribution in [0.2, 0.25) is 0 Å². The Balaban J connectivity index is 1.68. The molecule has 0 aliphatic heterocycles. The summed E-state index contributed by atoms with van der Waals surface area (Å²) in [6.45, 7) is 0.0799. The van der Waals surface area contributed by atoms with Gasteiger partial charge in [0.15, 0.2) is 0 Å². The number of hydrogen-bond acceptors (Lipinski definition) is 6. The van der Waals surface area contributed by atoms with Crippen molar-refractivity contribution in [1.29, 1.82) is 0 Å². The Bertz CT molecular complexity index is 1020. The molecule has 4 aromatic rings. The minimum absolute atomic E-state index is 0.0799. The lowest BCUT2D eigenvalue weighted by Crippen LogP contribution is -2.24. The van der Waals surface area contributed by atoms with Gasteiger partial charge in [-0.3, -0.25) is 4.79 Å². The van der Waals surface area contributed by atoms with E-state index in [-0.39, 0.29) is 12.1 Å². The minimum atomic E-state index is -0.241. The van der Waals surface area contributed by atoms with E-state index in [1.807, 2.05) is 36.4 Å². The standard InChI is InChI=1S/C16H11N5O2/c22-16-12-8-4-5-9-13(12)18-20-21(16)10-14-17-15(19-23-14)11-6-2-1-3-7-11/h1-9H,10H2. The van der Waals surface area contributed by atoms with Gasteiger partial charge in [0.05, 0.1) is 5.39 Å². The first-order chi connectivity index (χ1) is 11.3. The van der Waals surface area contributed by atoms with Gasteiger partial charge in [0, 0.05) is 5.56 Å². The summed E-state index contributed by atoms with van der Waals surface area (Å²) >= 11 is 0. The van der Waals surface area contributed by atoms with Crippen molar-refractivity contribution in [3.05, 3.63) is 70.8 Å². The van der Waals surface area contributed by atoms with E-state index in [0.29, 0.717) is 22.6 Å². The van der Waals surface area contributed by atoms with Crippen LogP contribution in [-0.4, -0.2) is 25.1 Å². The minimum Gasteiger partial charge on any atom is -0.337 e. The summed E-state index contributed by atoms with van der Waals surface area (Å²) in [5.41, 5.74) is 1.17. The highest BCUT2D eigenvalue weighted by atomic mass is 16.5. The topological polar surface area (TPSA) is 86.7 Å². The maximum Gasteiger partial charge on any atom is 0.278 e. The van der Waals surface area contributed by atoms with E-state index in [1.54, 1.807) is 18.2 Å². The van der Waals surface area contributed by atoms with Crippen LogP contribution in [-0.2, 0) is 6.54 Å². The number of nitrogens with zero attached hydrogens (tertiary/aromatic N) is 5. The zero-order valence-electron chi connectivity index (χ0n) is 12.0. The van der Waals surface area contributed by atoms with Crippen molar-refractivity contribution in [2.45, 2.75) is 6.54 Å². The van der Waals surface area contributed by atoms with Gasteiger partial charge in [-0.2, -0.15) is 4.98 Å². The molecule has 112 valence electrons. The fourth-order valence-corrected chi connectivity index (χ4v) is 2.28. The van der Waals surface area contributed by atoms with Crippen LogP contribution in [0, 0.1) is 0 Å². The van der Waals surface area contributed by atoms with Crippen molar-refractivity contribution >= 4 is 10.9 Å². The molecule has 4 rings (SSSR count). The second-order valence-electron chi connectivity index (χ2n) is 4.95. The molecule has 0 saturated heterocycles. The molecular formula is C16H11N5O2. The van der Waals surface area contributed by atoms with E-state index in [2.05, 4.69) is 20.5 Å². The Hall–Kier alpha value is -3.35. The average Bonchev–Trinajstić information content (AvgIpc) is 3.07. The van der Waals surface area contributed by atoms with Crippen LogP contribution in [0.3, 0.4) is 0 Å². The molecule has 0 atom stereocenters. The van der Waals surface area contributed by atoms with Crippen molar-refractivity contribution in [3.8, 4) is 11.4 Å². The first kappa shape index (κ1) is 13.3. The summed E-state index contributed by atoms with van der Waals surface area (Å²) in [5.74, 6) is 0.776. The first-order valence-electron chi connectivity index (χ1n) is 7.02. The third-order valence-electron chi connectivity index (χ3n) is 3.41. The molecular weight excluding hydrogens is 294 g/mol. The zero-order chi connectivity index (χ0) is 15.6. The highest BCUT2D eigenvalue weighted by Gasteiger charge is 2.11. The van der Waals surface area contributed by atoms with Gasteiger partial charge >= 0.3 is 0 Å². The predicted octanol–water partition coefficient (Wildman–Crippen LogP) is 1.89. The molecule has 0 aliphatic rings. The lowest BCUT2D eigenvalue weighted by Gasteiger charge is -2.01. The smallest absolute Gasteiger partial charge is 0.278 e. The van der Waals surface area contributed by atoms with Crippen molar-refractivity contribution in [2.75, 3.05) is 0 Å². The highest BCUT2D eigenvalue weighted by molar-refractivity contribution is 5.76. The van der Waals surface area contributed by atoms with Crippen LogP contribution < -0.4 is 5.56 Å². The van der Waals surface area contributed by atoms with Crippen molar-refractivity contribution in [3.63, 3.8) is 0 Å². The number of aromatic nitrogens is 5. The summed E-state index contributed by atoms with van der Waals surface area (Å²) in [4.78, 5) is 16.7. The monoisotopic (exact) mass is 305 g/mol. The van der Waals surface area contributed by atoms with Crippen LogP contribution in [0.4, 0.5) is 0 Å². The van der Waals surface area contributed by atoms with Gasteiger partial charge < -0.3 is 4.52 Å². The Labute approximate surface area is 130 Å². The normalized spacial score (nSPS) is 11.0. The van der Waals surface area contributed by atoms with Crippen LogP contribution in [0.5, 0.6) is 0 Å². The van der Waals surface area contributed by atoms with Crippen molar-refractivity contribution < 1.29 is 4.52 Å². The van der Waals surface area contributed by atoms with Crippen LogP contribution >= 0.6 is 0 Å². The van der Waals surface area contributed by atoms with Gasteiger partial charge in [0.1, 0.15) is 12.1 Å². The fourth-order valence-electron chi connectivity index (χ4n) is 2.28. The maximum absolute atomic E-state index is 12.4. The number of hydrogen-bond donors (Lipinski definition) is 0. The fraction of sp³-hybridized carbons (Fsp3) is 0.0625. The summed E-state index contributed by atoms with van der Waals surface area (Å²) < 4.78 is 6.41. The number of fused-ring (bicyclic) bond motifs is 1. The molecule has 0 aliphatic carbocycles. The number of rotatable bonds is 3. The first-order valence-corrected chi connectivity index (χ1v) is 7.02. The van der Waals surface area contributed by atoms with Crippen LogP contribution in [0.25, 0.3) is 22.3 Å². The third kappa shape index (κ3) is 2.48. The van der Waals surface area contributed by atoms with Gasteiger partial charge in [-0.1, -0.05) is 52.8 Å². The highest BCUT2D eigenvalue weighted by Crippen LogP contribution is 2.14. The van der Waals surface area contributed by atoms with Crippen LogP contribution in [0.1, 0.15) is 5.89 Å². The molecule has 2 aromatic carbocycles. The molecule has 0 radical (unpaired) electrons. The van der Waals surface area contributed by atoms with Crippen molar-refractivity contribution in [1.82, 2.24) is 25.1 Å². The molecule has 2 aromatic heterocycles. The van der Waals surface area contributed by atoms with Gasteiger partial charge in [-0.05, 0) is 12.1 Å². The SMILES string of the molecule is O=c1c2ccccc2nnn1Cc1nc(-c2ccccc2)no1. The number of benzene rings is 2. The quantitative estimate of drug-likeness (QED) is 0.574. The largest absolute Gasteiger partial charge is 0.337 e. The zero-order valence-corrected chi connectivity index (χ0v) is 12.0. The third-order valence-corrected chi connectivity index (χ3v) is 3.41. The molecule has 0 N–H and O–H groups in total. The second kappa shape index (κ2) is 5.45. The molecule has 7 nitrogen and oxygen atoms in total. The summed E-state index contributed by atoms with van der Waals surface area (Å²) in [6, 6.07) is 16.5. The van der Waals surface area contributed by atoms with E-state index in [9.17, 15) is 4.79 Å². The van der Waals surface area contributed by atoms with Gasteiger partial charge in [-0.25, -0.2) is 4.68 Å². The summed E-state index contributed by atoms with van der Waals surface area (Å²) in [5, 5.41) is 12.4. The molecule has 0 unspecified atom stereocenters. The maximum atomic E-state index is 12.4. The van der Waals surface area contributed by atoms with E-state index in [0.717, 1.165) is 5.56 Å². The molecule has 0 saturated carbocycles. The van der Waals surface area contributed by atoms with Gasteiger partial charge in [0.25, 0.3) is 5.56 Å². The lowest BCUT2D eigenvalue weighted by atomic mass is 10.2. The molecule has 2 heterocycles. The van der Waals surface area contributed by atoms with E-state index >= 15 is 0 Å². The van der Waals surface area contributed by atoms with Gasteiger partial charge in [0.2, 0.25) is 11.7 Å². The Morgan fingerprint density at radius 3 is 2.65 bits per heavy atom. The van der Waals surface area contributed by atoms with E-state index in [1.165, 1.54) is 4.68 Å². The molecule has 7 heteroatoms. The van der Waals surface area contributed by atoms with Crippen molar-refractivity contribution in [2.24, 2.45) is 0 Å². The predicted molar refractivity (Wildman–Crippen MR) is 82.6 cm³/mol. The van der Waals surface area contributed by atoms with Gasteiger partial charge in [-0.15, -0.1) is 5.10 Å². The molecule has 23 heavy (non-hydrogen) atoms. The molecule has 0 bridgehead atoms.